The Labute approximate surface area is 89.1 Å². The van der Waals surface area contributed by atoms with Crippen LogP contribution in [-0.2, 0) is 7.05 Å². The van der Waals surface area contributed by atoms with Crippen molar-refractivity contribution in [2.24, 2.45) is 17.8 Å². The van der Waals surface area contributed by atoms with Gasteiger partial charge in [-0.1, -0.05) is 4.68 Å². The molecule has 1 atom stereocenters. The third-order valence-corrected chi connectivity index (χ3v) is 2.10. The summed E-state index contributed by atoms with van der Waals surface area (Å²) < 4.78 is 6.00. The highest BCUT2D eigenvalue weighted by molar-refractivity contribution is 7.80. The smallest absolute Gasteiger partial charge is 0.370 e. The Morgan fingerprint density at radius 1 is 1.67 bits per heavy atom. The van der Waals surface area contributed by atoms with Gasteiger partial charge in [0.2, 0.25) is 6.17 Å². The fraction of sp³-hybridized carbons (Fsp3) is 0.333. The lowest BCUT2D eigenvalue weighted by Gasteiger charge is -2.18. The molecule has 0 bridgehead atoms. The minimum Gasteiger partial charge on any atom is -0.370 e. The van der Waals surface area contributed by atoms with Crippen LogP contribution < -0.4 is 26.7 Å². The van der Waals surface area contributed by atoms with E-state index >= 15 is 0 Å². The third-order valence-electron chi connectivity index (χ3n) is 1.88. The molecule has 0 saturated carbocycles. The third kappa shape index (κ3) is 1.68. The van der Waals surface area contributed by atoms with Gasteiger partial charge in [-0.05, 0) is 17.5 Å². The number of H-pyrrole nitrogens is 1. The number of thiocarbonyl (C=S) groups is 1. The average molecular weight is 229 g/mol. The summed E-state index contributed by atoms with van der Waals surface area (Å²) in [4.78, 5) is 15.3. The van der Waals surface area contributed by atoms with Crippen molar-refractivity contribution in [1.82, 2.24) is 15.9 Å². The zero-order valence-electron chi connectivity index (χ0n) is 7.77. The largest absolute Gasteiger partial charge is 0.434 e. The van der Waals surface area contributed by atoms with Crippen molar-refractivity contribution in [3.8, 4) is 0 Å². The molecule has 0 fully saturated rings. The van der Waals surface area contributed by atoms with Gasteiger partial charge in [-0.3, -0.25) is 4.52 Å². The van der Waals surface area contributed by atoms with Crippen LogP contribution in [0.3, 0.4) is 0 Å². The normalized spacial score (nSPS) is 20.5. The van der Waals surface area contributed by atoms with Gasteiger partial charge in [0.1, 0.15) is 0 Å². The Morgan fingerprint density at radius 3 is 2.93 bits per heavy atom. The Bertz CT molecular complexity index is 488. The van der Waals surface area contributed by atoms with Gasteiger partial charge >= 0.3 is 11.3 Å². The van der Waals surface area contributed by atoms with Crippen LogP contribution >= 0.6 is 12.2 Å². The average Bonchev–Trinajstić information content (AvgIpc) is 2.44. The lowest BCUT2D eigenvalue weighted by Crippen LogP contribution is -2.52. The van der Waals surface area contributed by atoms with Crippen LogP contribution in [0.5, 0.6) is 0 Å². The number of aromatic nitrogens is 2. The summed E-state index contributed by atoms with van der Waals surface area (Å²) in [6, 6.07) is 0. The van der Waals surface area contributed by atoms with Gasteiger partial charge in [-0.25, -0.2) is 9.79 Å². The highest BCUT2D eigenvalue weighted by atomic mass is 32.1. The maximum atomic E-state index is 11.3. The molecular formula is C6H9N6O2S+. The molecule has 9 heteroatoms. The predicted molar refractivity (Wildman–Crippen MR) is 53.7 cm³/mol. The summed E-state index contributed by atoms with van der Waals surface area (Å²) in [5, 5.41) is 8.08. The van der Waals surface area contributed by atoms with E-state index in [0.29, 0.717) is 10.8 Å². The molecule has 1 unspecified atom stereocenters. The summed E-state index contributed by atoms with van der Waals surface area (Å²) >= 11 is 4.89. The molecule has 5 N–H and O–H groups in total. The van der Waals surface area contributed by atoms with Crippen molar-refractivity contribution in [1.29, 1.82) is 0 Å². The first-order chi connectivity index (χ1) is 7.08. The highest BCUT2D eigenvalue weighted by Crippen LogP contribution is 2.07. The van der Waals surface area contributed by atoms with E-state index in [0.717, 1.165) is 0 Å². The minimum atomic E-state index is -0.633. The van der Waals surface area contributed by atoms with Crippen LogP contribution in [-0.4, -0.2) is 16.3 Å². The van der Waals surface area contributed by atoms with E-state index < -0.39 is 11.8 Å². The second-order valence-electron chi connectivity index (χ2n) is 2.94. The maximum absolute atomic E-state index is 11.3. The molecule has 0 spiro atoms. The number of aromatic amines is 1. The van der Waals surface area contributed by atoms with Crippen molar-refractivity contribution >= 4 is 23.3 Å². The van der Waals surface area contributed by atoms with Crippen LogP contribution in [0.4, 0.5) is 0 Å². The molecule has 1 aromatic heterocycles. The van der Waals surface area contributed by atoms with Gasteiger partial charge in [0.05, 0.1) is 0 Å². The Balaban J connectivity index is 2.44. The van der Waals surface area contributed by atoms with Gasteiger partial charge < -0.3 is 16.4 Å². The molecule has 1 aliphatic rings. The van der Waals surface area contributed by atoms with Crippen LogP contribution in [0.15, 0.2) is 14.3 Å². The molecule has 1 aliphatic heterocycles. The van der Waals surface area contributed by atoms with Crippen molar-refractivity contribution in [3.63, 3.8) is 0 Å². The van der Waals surface area contributed by atoms with E-state index in [4.69, 9.17) is 18.0 Å². The van der Waals surface area contributed by atoms with E-state index in [2.05, 4.69) is 25.4 Å². The molecule has 0 aromatic carbocycles. The topological polar surface area (TPSA) is 112 Å². The number of nitrogens with one attached hydrogen (secondary N) is 3. The predicted octanol–water partition coefficient (Wildman–Crippen LogP) is -2.42. The number of rotatable bonds is 1. The second kappa shape index (κ2) is 3.35. The quantitative estimate of drug-likeness (QED) is 0.315. The first-order valence-electron chi connectivity index (χ1n) is 4.06. The van der Waals surface area contributed by atoms with Crippen molar-refractivity contribution in [3.05, 3.63) is 16.1 Å². The lowest BCUT2D eigenvalue weighted by atomic mass is 10.3. The monoisotopic (exact) mass is 229 g/mol. The number of nitrogens with zero attached hydrogens (tertiary/aromatic N) is 2. The van der Waals surface area contributed by atoms with E-state index in [9.17, 15) is 4.79 Å². The van der Waals surface area contributed by atoms with E-state index in [1.54, 1.807) is 7.05 Å². The molecule has 8 nitrogen and oxygen atoms in total. The number of aryl methyl sites for hydroxylation is 1. The second-order valence-corrected chi connectivity index (χ2v) is 3.35. The van der Waals surface area contributed by atoms with E-state index in [1.165, 1.54) is 4.68 Å². The van der Waals surface area contributed by atoms with Crippen LogP contribution in [0.1, 0.15) is 11.9 Å². The molecule has 0 radical (unpaired) electrons. The molecular weight excluding hydrogens is 220 g/mol. The fourth-order valence-corrected chi connectivity index (χ4v) is 1.47. The molecule has 0 aliphatic carbocycles. The number of nitrogens with two attached hydrogens (primary N) is 1. The lowest BCUT2D eigenvalue weighted by molar-refractivity contribution is -0.747. The number of guanidine groups is 1. The highest BCUT2D eigenvalue weighted by Gasteiger charge is 2.31. The number of hydrogen-bond acceptors (Lipinski definition) is 5. The zero-order valence-corrected chi connectivity index (χ0v) is 8.59. The van der Waals surface area contributed by atoms with Gasteiger partial charge in [0.25, 0.3) is 0 Å². The van der Waals surface area contributed by atoms with E-state index in [1.807, 2.05) is 0 Å². The molecule has 2 heterocycles. The molecule has 0 saturated heterocycles. The van der Waals surface area contributed by atoms with Crippen LogP contribution in [0.2, 0.25) is 0 Å². The molecule has 2 rings (SSSR count). The Kier molecular flexibility index (Phi) is 2.15. The molecule has 1 aromatic rings. The van der Waals surface area contributed by atoms with Gasteiger partial charge in [0.15, 0.2) is 18.1 Å². The fourth-order valence-electron chi connectivity index (χ4n) is 1.25. The van der Waals surface area contributed by atoms with Crippen LogP contribution in [0.25, 0.3) is 0 Å². The van der Waals surface area contributed by atoms with Crippen molar-refractivity contribution in [2.45, 2.75) is 6.17 Å². The summed E-state index contributed by atoms with van der Waals surface area (Å²) in [6.07, 6.45) is -0.633. The van der Waals surface area contributed by atoms with Crippen molar-refractivity contribution < 1.29 is 9.20 Å². The van der Waals surface area contributed by atoms with Crippen molar-refractivity contribution in [2.75, 3.05) is 0 Å². The SMILES string of the molecule is C[n+]1[nH]oc(=O)c1C1N=C(N)NC(=S)N1. The standard InChI is InChI=1S/C6H8N6O2S/c1-12-2(4(13)14-11-12)3-8-5(7)10-6(15)9-3/h3H,1H3,(H4-,7,8,9,10,11,13,15)/p+1. The summed E-state index contributed by atoms with van der Waals surface area (Å²) in [7, 11) is 1.62. The van der Waals surface area contributed by atoms with E-state index in [-0.39, 0.29) is 5.96 Å². The minimum absolute atomic E-state index is 0.157. The van der Waals surface area contributed by atoms with Gasteiger partial charge in [-0.2, -0.15) is 0 Å². The number of hydrogen-bond donors (Lipinski definition) is 4. The zero-order chi connectivity index (χ0) is 11.0. The maximum Gasteiger partial charge on any atom is 0.434 e. The van der Waals surface area contributed by atoms with Gasteiger partial charge in [-0.15, -0.1) is 0 Å². The molecule has 15 heavy (non-hydrogen) atoms. The first-order valence-corrected chi connectivity index (χ1v) is 4.47. The Morgan fingerprint density at radius 2 is 2.40 bits per heavy atom. The Hall–Kier alpha value is -1.90. The molecule has 0 amide bonds. The van der Waals surface area contributed by atoms with Crippen LogP contribution in [0, 0.1) is 0 Å². The summed E-state index contributed by atoms with van der Waals surface area (Å²) in [6.45, 7) is 0. The summed E-state index contributed by atoms with van der Waals surface area (Å²) in [5.41, 5.74) is 5.26. The van der Waals surface area contributed by atoms with Gasteiger partial charge in [0, 0.05) is 0 Å². The first kappa shape index (κ1) is 9.65. The number of aliphatic imine (C=N–C) groups is 1. The summed E-state index contributed by atoms with van der Waals surface area (Å²) in [5.74, 6) is 0.157. The molecule has 80 valence electrons.